The normalized spacial score (nSPS) is 10.5. The van der Waals surface area contributed by atoms with Crippen LogP contribution in [-0.2, 0) is 13.0 Å². The van der Waals surface area contributed by atoms with E-state index < -0.39 is 0 Å². The maximum Gasteiger partial charge on any atom is 0.272 e. The first kappa shape index (κ1) is 14.3. The van der Waals surface area contributed by atoms with E-state index in [1.807, 2.05) is 47.2 Å². The largest absolute Gasteiger partial charge is 0.396 e. The first-order valence-corrected chi connectivity index (χ1v) is 6.91. The zero-order valence-electron chi connectivity index (χ0n) is 11.7. The Balaban J connectivity index is 2.05. The molecule has 4 nitrogen and oxygen atoms in total. The van der Waals surface area contributed by atoms with Gasteiger partial charge in [0, 0.05) is 25.0 Å². The second-order valence-corrected chi connectivity index (χ2v) is 4.71. The number of carbonyl (C=O) groups is 1. The molecule has 106 valence electrons. The molecule has 0 saturated carbocycles. The lowest BCUT2D eigenvalue weighted by Gasteiger charge is -2.09. The molecule has 20 heavy (non-hydrogen) atoms. The number of nitrogens with zero attached hydrogens (tertiary/aromatic N) is 1. The van der Waals surface area contributed by atoms with Gasteiger partial charge in [0.25, 0.3) is 5.91 Å². The van der Waals surface area contributed by atoms with Crippen molar-refractivity contribution >= 4 is 11.6 Å². The Morgan fingerprint density at radius 3 is 2.65 bits per heavy atom. The van der Waals surface area contributed by atoms with Crippen molar-refractivity contribution in [1.29, 1.82) is 0 Å². The fourth-order valence-electron chi connectivity index (χ4n) is 2.14. The van der Waals surface area contributed by atoms with E-state index in [1.165, 1.54) is 0 Å². The number of hydrogen-bond donors (Lipinski definition) is 2. The zero-order valence-corrected chi connectivity index (χ0v) is 11.7. The molecule has 4 heteroatoms. The minimum atomic E-state index is -0.0987. The highest BCUT2D eigenvalue weighted by Gasteiger charge is 2.10. The van der Waals surface area contributed by atoms with Gasteiger partial charge in [-0.15, -0.1) is 0 Å². The minimum absolute atomic E-state index is 0.0987. The molecule has 0 saturated heterocycles. The molecule has 1 aromatic heterocycles. The number of aliphatic hydroxyl groups is 1. The van der Waals surface area contributed by atoms with Gasteiger partial charge in [-0.1, -0.05) is 19.1 Å². The zero-order chi connectivity index (χ0) is 14.4. The van der Waals surface area contributed by atoms with Crippen molar-refractivity contribution in [3.8, 4) is 0 Å². The monoisotopic (exact) mass is 272 g/mol. The molecule has 2 aromatic rings. The van der Waals surface area contributed by atoms with Gasteiger partial charge in [-0.25, -0.2) is 0 Å². The summed E-state index contributed by atoms with van der Waals surface area (Å²) >= 11 is 0. The van der Waals surface area contributed by atoms with Crippen LogP contribution in [0.1, 0.15) is 29.4 Å². The van der Waals surface area contributed by atoms with E-state index in [-0.39, 0.29) is 12.5 Å². The summed E-state index contributed by atoms with van der Waals surface area (Å²) in [5.74, 6) is -0.0987. The van der Waals surface area contributed by atoms with Gasteiger partial charge < -0.3 is 15.0 Å². The SMILES string of the molecule is CCCn1cccc1C(=O)Nc1ccc(CCO)cc1. The quantitative estimate of drug-likeness (QED) is 0.849. The molecule has 0 spiro atoms. The summed E-state index contributed by atoms with van der Waals surface area (Å²) in [6.07, 6.45) is 3.54. The fraction of sp³-hybridized carbons (Fsp3) is 0.312. The number of anilines is 1. The Bertz CT molecular complexity index is 558. The standard InChI is InChI=1S/C16H20N2O2/c1-2-10-18-11-3-4-15(18)16(20)17-14-7-5-13(6-8-14)9-12-19/h3-8,11,19H,2,9-10,12H2,1H3,(H,17,20). The molecule has 0 fully saturated rings. The second-order valence-electron chi connectivity index (χ2n) is 4.71. The van der Waals surface area contributed by atoms with Crippen LogP contribution >= 0.6 is 0 Å². The molecule has 1 aromatic carbocycles. The van der Waals surface area contributed by atoms with E-state index in [4.69, 9.17) is 5.11 Å². The van der Waals surface area contributed by atoms with Crippen molar-refractivity contribution in [2.75, 3.05) is 11.9 Å². The number of aliphatic hydroxyl groups excluding tert-OH is 1. The molecule has 0 radical (unpaired) electrons. The number of nitrogens with one attached hydrogen (secondary N) is 1. The van der Waals surface area contributed by atoms with Crippen LogP contribution in [0.4, 0.5) is 5.69 Å². The highest BCUT2D eigenvalue weighted by Crippen LogP contribution is 2.12. The highest BCUT2D eigenvalue weighted by atomic mass is 16.2. The highest BCUT2D eigenvalue weighted by molar-refractivity contribution is 6.03. The van der Waals surface area contributed by atoms with Crippen molar-refractivity contribution < 1.29 is 9.90 Å². The number of aryl methyl sites for hydroxylation is 1. The van der Waals surface area contributed by atoms with E-state index in [0.717, 1.165) is 24.2 Å². The van der Waals surface area contributed by atoms with E-state index in [9.17, 15) is 4.79 Å². The van der Waals surface area contributed by atoms with Gasteiger partial charge >= 0.3 is 0 Å². The molecular formula is C16H20N2O2. The van der Waals surface area contributed by atoms with Crippen LogP contribution in [0.3, 0.4) is 0 Å². The maximum atomic E-state index is 12.2. The lowest BCUT2D eigenvalue weighted by Crippen LogP contribution is -2.16. The van der Waals surface area contributed by atoms with E-state index in [2.05, 4.69) is 12.2 Å². The van der Waals surface area contributed by atoms with E-state index >= 15 is 0 Å². The van der Waals surface area contributed by atoms with Gasteiger partial charge in [0.2, 0.25) is 0 Å². The summed E-state index contributed by atoms with van der Waals surface area (Å²) in [5, 5.41) is 11.8. The van der Waals surface area contributed by atoms with Crippen molar-refractivity contribution in [2.24, 2.45) is 0 Å². The van der Waals surface area contributed by atoms with Gasteiger partial charge in [-0.05, 0) is 42.7 Å². The molecule has 2 rings (SSSR count). The van der Waals surface area contributed by atoms with Gasteiger partial charge in [0.15, 0.2) is 0 Å². The average molecular weight is 272 g/mol. The van der Waals surface area contributed by atoms with Gasteiger partial charge in [0.05, 0.1) is 0 Å². The molecule has 0 aliphatic heterocycles. The van der Waals surface area contributed by atoms with E-state index in [0.29, 0.717) is 12.1 Å². The number of aromatic nitrogens is 1. The molecule has 2 N–H and O–H groups in total. The molecule has 1 amide bonds. The number of rotatable bonds is 6. The Labute approximate surface area is 119 Å². The summed E-state index contributed by atoms with van der Waals surface area (Å²) in [6, 6.07) is 11.2. The Kier molecular flexibility index (Phi) is 4.96. The topological polar surface area (TPSA) is 54.3 Å². The van der Waals surface area contributed by atoms with Crippen molar-refractivity contribution in [3.63, 3.8) is 0 Å². The number of hydrogen-bond acceptors (Lipinski definition) is 2. The summed E-state index contributed by atoms with van der Waals surface area (Å²) in [5.41, 5.74) is 2.49. The Morgan fingerprint density at radius 1 is 1.25 bits per heavy atom. The van der Waals surface area contributed by atoms with Crippen LogP contribution < -0.4 is 5.32 Å². The van der Waals surface area contributed by atoms with Crippen LogP contribution in [0.2, 0.25) is 0 Å². The Hall–Kier alpha value is -2.07. The van der Waals surface area contributed by atoms with Crippen molar-refractivity contribution in [1.82, 2.24) is 4.57 Å². The number of amides is 1. The molecule has 0 atom stereocenters. The first-order chi connectivity index (χ1) is 9.74. The second kappa shape index (κ2) is 6.91. The third kappa shape index (κ3) is 3.48. The van der Waals surface area contributed by atoms with E-state index in [1.54, 1.807) is 0 Å². The summed E-state index contributed by atoms with van der Waals surface area (Å²) in [6.45, 7) is 3.06. The third-order valence-corrected chi connectivity index (χ3v) is 3.14. The van der Waals surface area contributed by atoms with Crippen molar-refractivity contribution in [3.05, 3.63) is 53.9 Å². The van der Waals surface area contributed by atoms with Crippen LogP contribution in [0.15, 0.2) is 42.6 Å². The van der Waals surface area contributed by atoms with Gasteiger partial charge in [-0.2, -0.15) is 0 Å². The maximum absolute atomic E-state index is 12.2. The molecule has 0 aliphatic carbocycles. The molecule has 1 heterocycles. The summed E-state index contributed by atoms with van der Waals surface area (Å²) in [4.78, 5) is 12.2. The average Bonchev–Trinajstić information content (AvgIpc) is 2.90. The molecule has 0 bridgehead atoms. The van der Waals surface area contributed by atoms with Crippen LogP contribution in [-0.4, -0.2) is 22.2 Å². The molecular weight excluding hydrogens is 252 g/mol. The van der Waals surface area contributed by atoms with Crippen molar-refractivity contribution in [2.45, 2.75) is 26.3 Å². The lowest BCUT2D eigenvalue weighted by atomic mass is 10.1. The number of carbonyl (C=O) groups excluding carboxylic acids is 1. The fourth-order valence-corrected chi connectivity index (χ4v) is 2.14. The third-order valence-electron chi connectivity index (χ3n) is 3.14. The predicted molar refractivity (Wildman–Crippen MR) is 79.9 cm³/mol. The summed E-state index contributed by atoms with van der Waals surface area (Å²) in [7, 11) is 0. The smallest absolute Gasteiger partial charge is 0.272 e. The van der Waals surface area contributed by atoms with Crippen LogP contribution in [0, 0.1) is 0 Å². The molecule has 0 aliphatic rings. The lowest BCUT2D eigenvalue weighted by molar-refractivity contribution is 0.101. The minimum Gasteiger partial charge on any atom is -0.396 e. The Morgan fingerprint density at radius 2 is 2.00 bits per heavy atom. The first-order valence-electron chi connectivity index (χ1n) is 6.91. The van der Waals surface area contributed by atoms with Crippen LogP contribution in [0.25, 0.3) is 0 Å². The number of benzene rings is 1. The molecule has 0 unspecified atom stereocenters. The van der Waals surface area contributed by atoms with Gasteiger partial charge in [0.1, 0.15) is 5.69 Å². The summed E-state index contributed by atoms with van der Waals surface area (Å²) < 4.78 is 1.95. The van der Waals surface area contributed by atoms with Crippen LogP contribution in [0.5, 0.6) is 0 Å². The predicted octanol–water partition coefficient (Wildman–Crippen LogP) is 2.69. The van der Waals surface area contributed by atoms with Gasteiger partial charge in [-0.3, -0.25) is 4.79 Å².